The second-order valence-corrected chi connectivity index (χ2v) is 5.45. The molecule has 0 atom stereocenters. The van der Waals surface area contributed by atoms with Crippen LogP contribution >= 0.6 is 0 Å². The molecule has 0 spiro atoms. The van der Waals surface area contributed by atoms with Crippen LogP contribution in [0.5, 0.6) is 0 Å². The van der Waals surface area contributed by atoms with Crippen LogP contribution in [0.4, 0.5) is 0 Å². The van der Waals surface area contributed by atoms with Gasteiger partial charge in [0.2, 0.25) is 0 Å². The highest BCUT2D eigenvalue weighted by molar-refractivity contribution is 5.95. The van der Waals surface area contributed by atoms with Crippen molar-refractivity contribution in [2.45, 2.75) is 27.7 Å². The van der Waals surface area contributed by atoms with Gasteiger partial charge in [0.1, 0.15) is 0 Å². The second-order valence-electron chi connectivity index (χ2n) is 5.45. The summed E-state index contributed by atoms with van der Waals surface area (Å²) in [5, 5.41) is 0. The molecule has 0 aliphatic heterocycles. The molecular weight excluding hydrogens is 248 g/mol. The maximum Gasteiger partial charge on any atom is 0.158 e. The summed E-state index contributed by atoms with van der Waals surface area (Å²) in [5.74, 6) is 0.291. The van der Waals surface area contributed by atoms with Gasteiger partial charge in [0, 0.05) is 11.8 Å². The fourth-order valence-corrected chi connectivity index (χ4v) is 1.46. The topological polar surface area (TPSA) is 34.1 Å². The third-order valence-corrected chi connectivity index (χ3v) is 2.95. The number of carbonyl (C=O) groups is 2. The molecule has 20 heavy (non-hydrogen) atoms. The lowest BCUT2D eigenvalue weighted by Gasteiger charge is -1.99. The van der Waals surface area contributed by atoms with Crippen LogP contribution in [0.15, 0.2) is 36.4 Å². The van der Waals surface area contributed by atoms with Crippen LogP contribution in [0.1, 0.15) is 38.8 Å². The molecule has 0 aromatic heterocycles. The van der Waals surface area contributed by atoms with Crippen molar-refractivity contribution in [2.75, 3.05) is 0 Å². The number of hydrogen-bond acceptors (Lipinski definition) is 2. The van der Waals surface area contributed by atoms with Crippen molar-refractivity contribution in [3.8, 4) is 0 Å². The van der Waals surface area contributed by atoms with Gasteiger partial charge < -0.3 is 0 Å². The summed E-state index contributed by atoms with van der Waals surface area (Å²) in [6.45, 7) is 7.53. The molecule has 106 valence electrons. The first-order valence-electron chi connectivity index (χ1n) is 6.94. The minimum absolute atomic E-state index is 0.0236. The number of ketones is 2. The Morgan fingerprint density at radius 3 is 1.30 bits per heavy atom. The molecule has 0 unspecified atom stereocenters. The lowest BCUT2D eigenvalue weighted by Crippen LogP contribution is -2.01. The lowest BCUT2D eigenvalue weighted by molar-refractivity contribution is -0.117. The molecule has 0 saturated carbocycles. The summed E-state index contributed by atoms with van der Waals surface area (Å²) >= 11 is 0. The summed E-state index contributed by atoms with van der Waals surface area (Å²) in [6.07, 6.45) is 6.85. The van der Waals surface area contributed by atoms with Gasteiger partial charge in [0.15, 0.2) is 11.6 Å². The Bertz CT molecular complexity index is 468. The van der Waals surface area contributed by atoms with Crippen LogP contribution in [0, 0.1) is 11.8 Å². The number of rotatable bonds is 6. The minimum Gasteiger partial charge on any atom is -0.295 e. The van der Waals surface area contributed by atoms with Crippen molar-refractivity contribution in [3.63, 3.8) is 0 Å². The maximum absolute atomic E-state index is 11.5. The molecular formula is C18H22O2. The van der Waals surface area contributed by atoms with Gasteiger partial charge in [0.05, 0.1) is 0 Å². The number of allylic oxidation sites excluding steroid dienone is 2. The molecule has 0 aliphatic rings. The van der Waals surface area contributed by atoms with E-state index in [2.05, 4.69) is 0 Å². The van der Waals surface area contributed by atoms with Gasteiger partial charge in [-0.3, -0.25) is 9.59 Å². The average Bonchev–Trinajstić information content (AvgIpc) is 2.42. The van der Waals surface area contributed by atoms with E-state index >= 15 is 0 Å². The summed E-state index contributed by atoms with van der Waals surface area (Å²) in [5.41, 5.74) is 1.96. The van der Waals surface area contributed by atoms with Crippen LogP contribution in [0.3, 0.4) is 0 Å². The Morgan fingerprint density at radius 1 is 0.750 bits per heavy atom. The first-order chi connectivity index (χ1) is 9.40. The van der Waals surface area contributed by atoms with Gasteiger partial charge in [-0.25, -0.2) is 0 Å². The van der Waals surface area contributed by atoms with Crippen molar-refractivity contribution >= 4 is 23.7 Å². The van der Waals surface area contributed by atoms with E-state index in [-0.39, 0.29) is 23.4 Å². The highest BCUT2D eigenvalue weighted by atomic mass is 16.1. The van der Waals surface area contributed by atoms with E-state index in [0.29, 0.717) is 0 Å². The van der Waals surface area contributed by atoms with Crippen molar-refractivity contribution < 1.29 is 9.59 Å². The highest BCUT2D eigenvalue weighted by Crippen LogP contribution is 2.09. The van der Waals surface area contributed by atoms with Crippen molar-refractivity contribution in [3.05, 3.63) is 47.5 Å². The van der Waals surface area contributed by atoms with E-state index in [1.165, 1.54) is 0 Å². The molecule has 0 N–H and O–H groups in total. The van der Waals surface area contributed by atoms with E-state index in [0.717, 1.165) is 11.1 Å². The molecule has 0 bridgehead atoms. The molecule has 1 rings (SSSR count). The van der Waals surface area contributed by atoms with Crippen molar-refractivity contribution in [1.82, 2.24) is 0 Å². The Balaban J connectivity index is 2.70. The van der Waals surface area contributed by atoms with Gasteiger partial charge in [-0.15, -0.1) is 0 Å². The first-order valence-corrected chi connectivity index (χ1v) is 6.94. The van der Waals surface area contributed by atoms with E-state index < -0.39 is 0 Å². The van der Waals surface area contributed by atoms with Gasteiger partial charge >= 0.3 is 0 Å². The van der Waals surface area contributed by atoms with Crippen molar-refractivity contribution in [1.29, 1.82) is 0 Å². The summed E-state index contributed by atoms with van der Waals surface area (Å²) < 4.78 is 0. The van der Waals surface area contributed by atoms with Gasteiger partial charge in [-0.1, -0.05) is 64.1 Å². The van der Waals surface area contributed by atoms with E-state index in [1.54, 1.807) is 12.2 Å². The Labute approximate surface area is 121 Å². The fourth-order valence-electron chi connectivity index (χ4n) is 1.46. The Hall–Kier alpha value is -1.96. The minimum atomic E-state index is 0.0236. The molecule has 0 radical (unpaired) electrons. The Morgan fingerprint density at radius 2 is 1.05 bits per heavy atom. The maximum atomic E-state index is 11.5. The molecule has 2 heteroatoms. The molecule has 2 nitrogen and oxygen atoms in total. The van der Waals surface area contributed by atoms with Crippen LogP contribution in [-0.4, -0.2) is 11.6 Å². The van der Waals surface area contributed by atoms with Gasteiger partial charge in [-0.2, -0.15) is 0 Å². The summed E-state index contributed by atoms with van der Waals surface area (Å²) in [4.78, 5) is 23.0. The smallest absolute Gasteiger partial charge is 0.158 e. The van der Waals surface area contributed by atoms with Gasteiger partial charge in [-0.05, 0) is 23.3 Å². The molecule has 0 fully saturated rings. The SMILES string of the molecule is CC(C)C(=O)/C=C/c1ccc(/C=C/C(=O)C(C)C)cc1. The lowest BCUT2D eigenvalue weighted by atomic mass is 10.1. The number of carbonyl (C=O) groups excluding carboxylic acids is 2. The van der Waals surface area contributed by atoms with Crippen molar-refractivity contribution in [2.24, 2.45) is 11.8 Å². The van der Waals surface area contributed by atoms with E-state index in [1.807, 2.05) is 64.1 Å². The third kappa shape index (κ3) is 5.35. The largest absolute Gasteiger partial charge is 0.295 e. The molecule has 0 aliphatic carbocycles. The second kappa shape index (κ2) is 7.59. The average molecular weight is 270 g/mol. The van der Waals surface area contributed by atoms with E-state index in [9.17, 15) is 9.59 Å². The number of benzene rings is 1. The van der Waals surface area contributed by atoms with Crippen LogP contribution < -0.4 is 0 Å². The third-order valence-electron chi connectivity index (χ3n) is 2.95. The predicted molar refractivity (Wildman–Crippen MR) is 84.2 cm³/mol. The fraction of sp³-hybridized carbons (Fsp3) is 0.333. The van der Waals surface area contributed by atoms with Crippen LogP contribution in [0.2, 0.25) is 0 Å². The zero-order chi connectivity index (χ0) is 15.1. The molecule has 1 aromatic rings. The predicted octanol–water partition coefficient (Wildman–Crippen LogP) is 4.16. The molecule has 0 saturated heterocycles. The van der Waals surface area contributed by atoms with E-state index in [4.69, 9.17) is 0 Å². The summed E-state index contributed by atoms with van der Waals surface area (Å²) in [7, 11) is 0. The number of hydrogen-bond donors (Lipinski definition) is 0. The Kier molecular flexibility index (Phi) is 6.10. The summed E-state index contributed by atoms with van der Waals surface area (Å²) in [6, 6.07) is 7.74. The normalized spacial score (nSPS) is 11.9. The molecule has 0 heterocycles. The van der Waals surface area contributed by atoms with Crippen LogP contribution in [0.25, 0.3) is 12.2 Å². The molecule has 0 amide bonds. The quantitative estimate of drug-likeness (QED) is 0.727. The monoisotopic (exact) mass is 270 g/mol. The highest BCUT2D eigenvalue weighted by Gasteiger charge is 2.02. The van der Waals surface area contributed by atoms with Crippen LogP contribution in [-0.2, 0) is 9.59 Å². The zero-order valence-corrected chi connectivity index (χ0v) is 12.6. The molecule has 1 aromatic carbocycles. The zero-order valence-electron chi connectivity index (χ0n) is 12.6. The standard InChI is InChI=1S/C18H22O2/c1-13(2)17(19)11-9-15-5-7-16(8-6-15)10-12-18(20)14(3)4/h5-14H,1-4H3/b11-9+,12-10+. The van der Waals surface area contributed by atoms with Gasteiger partial charge in [0.25, 0.3) is 0 Å². The first kappa shape index (κ1) is 16.1.